The lowest BCUT2D eigenvalue weighted by Gasteiger charge is -2.13. The zero-order valence-electron chi connectivity index (χ0n) is 9.24. The number of rotatable bonds is 4. The molecule has 0 unspecified atom stereocenters. The van der Waals surface area contributed by atoms with Gasteiger partial charge in [0.25, 0.3) is 5.91 Å². The van der Waals surface area contributed by atoms with E-state index < -0.39 is 29.5 Å². The van der Waals surface area contributed by atoms with Crippen LogP contribution >= 0.6 is 0 Å². The van der Waals surface area contributed by atoms with Crippen LogP contribution in [0.4, 0.5) is 8.78 Å². The molecule has 4 nitrogen and oxygen atoms in total. The van der Waals surface area contributed by atoms with Crippen LogP contribution in [0.25, 0.3) is 0 Å². The van der Waals surface area contributed by atoms with Crippen molar-refractivity contribution in [3.05, 3.63) is 35.4 Å². The minimum absolute atomic E-state index is 0.107. The Morgan fingerprint density at radius 1 is 1.44 bits per heavy atom. The van der Waals surface area contributed by atoms with E-state index in [0.29, 0.717) is 6.07 Å². The van der Waals surface area contributed by atoms with Gasteiger partial charge in [0.2, 0.25) is 5.91 Å². The van der Waals surface area contributed by atoms with Crippen LogP contribution in [-0.4, -0.2) is 17.9 Å². The molecule has 2 amide bonds. The number of nitrogens with two attached hydrogens (primary N) is 1. The third-order valence-electron chi connectivity index (χ3n) is 2.15. The normalized spacial score (nSPS) is 11.4. The first-order chi connectivity index (χ1) is 8.45. The second-order valence-electron chi connectivity index (χ2n) is 3.46. The van der Waals surface area contributed by atoms with E-state index >= 15 is 0 Å². The summed E-state index contributed by atoms with van der Waals surface area (Å²) in [4.78, 5) is 22.6. The van der Waals surface area contributed by atoms with Crippen LogP contribution in [0.5, 0.6) is 0 Å². The van der Waals surface area contributed by atoms with Crippen LogP contribution in [0.3, 0.4) is 0 Å². The van der Waals surface area contributed by atoms with E-state index in [4.69, 9.17) is 12.2 Å². The number of amides is 2. The number of hydrogen-bond acceptors (Lipinski definition) is 2. The molecule has 1 aromatic rings. The molecule has 0 spiro atoms. The first-order valence-corrected chi connectivity index (χ1v) is 4.94. The van der Waals surface area contributed by atoms with Crippen molar-refractivity contribution in [2.75, 3.05) is 0 Å². The van der Waals surface area contributed by atoms with Gasteiger partial charge >= 0.3 is 0 Å². The van der Waals surface area contributed by atoms with Gasteiger partial charge in [0.15, 0.2) is 0 Å². The Kier molecular flexibility index (Phi) is 4.38. The Bertz CT molecular complexity index is 523. The van der Waals surface area contributed by atoms with E-state index in [2.05, 4.69) is 11.2 Å². The summed E-state index contributed by atoms with van der Waals surface area (Å²) < 4.78 is 25.9. The van der Waals surface area contributed by atoms with Gasteiger partial charge in [0.1, 0.15) is 17.7 Å². The summed E-state index contributed by atoms with van der Waals surface area (Å²) in [6.45, 7) is 0. The molecule has 1 rings (SSSR count). The van der Waals surface area contributed by atoms with Gasteiger partial charge in [-0.05, 0) is 12.1 Å². The molecule has 0 bridgehead atoms. The van der Waals surface area contributed by atoms with Crippen LogP contribution in [0.15, 0.2) is 18.2 Å². The molecule has 0 aliphatic heterocycles. The molecule has 1 atom stereocenters. The van der Waals surface area contributed by atoms with E-state index in [-0.39, 0.29) is 12.0 Å². The van der Waals surface area contributed by atoms with Crippen molar-refractivity contribution < 1.29 is 18.4 Å². The Morgan fingerprint density at radius 3 is 2.61 bits per heavy atom. The molecule has 94 valence electrons. The fraction of sp³-hybridized carbons (Fsp3) is 0.167. The molecule has 1 aromatic carbocycles. The third kappa shape index (κ3) is 3.28. The lowest BCUT2D eigenvalue weighted by molar-refractivity contribution is -0.119. The van der Waals surface area contributed by atoms with E-state index in [0.717, 1.165) is 12.1 Å². The lowest BCUT2D eigenvalue weighted by Crippen LogP contribution is -2.44. The van der Waals surface area contributed by atoms with Crippen LogP contribution < -0.4 is 11.1 Å². The predicted octanol–water partition coefficient (Wildman–Crippen LogP) is 0.572. The summed E-state index contributed by atoms with van der Waals surface area (Å²) in [7, 11) is 0. The number of benzene rings is 1. The fourth-order valence-electron chi connectivity index (χ4n) is 1.25. The second kappa shape index (κ2) is 5.77. The smallest absolute Gasteiger partial charge is 0.254 e. The molecule has 6 heteroatoms. The molecule has 3 N–H and O–H groups in total. The highest BCUT2D eigenvalue weighted by atomic mass is 19.1. The fourth-order valence-corrected chi connectivity index (χ4v) is 1.25. The van der Waals surface area contributed by atoms with Crippen LogP contribution in [-0.2, 0) is 4.79 Å². The van der Waals surface area contributed by atoms with Gasteiger partial charge < -0.3 is 11.1 Å². The summed E-state index contributed by atoms with van der Waals surface area (Å²) >= 11 is 0. The molecule has 0 fully saturated rings. The van der Waals surface area contributed by atoms with E-state index in [1.807, 2.05) is 0 Å². The van der Waals surface area contributed by atoms with Crippen molar-refractivity contribution in [1.29, 1.82) is 0 Å². The zero-order valence-corrected chi connectivity index (χ0v) is 9.24. The standard InChI is InChI=1S/C12H10F2N2O2/c1-2-3-10(11(15)17)16-12(18)8-5-4-7(13)6-9(8)14/h1,4-6,10H,3H2,(H2,15,17)(H,16,18)/t10-/m1/s1. The number of terminal acetylenes is 1. The highest BCUT2D eigenvalue weighted by Crippen LogP contribution is 2.09. The number of primary amides is 1. The number of hydrogen-bond donors (Lipinski definition) is 2. The average Bonchev–Trinajstić information content (AvgIpc) is 2.27. The van der Waals surface area contributed by atoms with Crippen LogP contribution in [0.2, 0.25) is 0 Å². The van der Waals surface area contributed by atoms with Crippen molar-refractivity contribution >= 4 is 11.8 Å². The number of nitrogens with one attached hydrogen (secondary N) is 1. The first kappa shape index (κ1) is 13.6. The van der Waals surface area contributed by atoms with Crippen molar-refractivity contribution in [2.24, 2.45) is 5.73 Å². The topological polar surface area (TPSA) is 72.2 Å². The second-order valence-corrected chi connectivity index (χ2v) is 3.46. The zero-order chi connectivity index (χ0) is 13.7. The summed E-state index contributed by atoms with van der Waals surface area (Å²) in [6.07, 6.45) is 4.89. The monoisotopic (exact) mass is 252 g/mol. The Hall–Kier alpha value is -2.42. The average molecular weight is 252 g/mol. The molecular weight excluding hydrogens is 242 g/mol. The number of carbonyl (C=O) groups excluding carboxylic acids is 2. The quantitative estimate of drug-likeness (QED) is 0.769. The minimum Gasteiger partial charge on any atom is -0.368 e. The summed E-state index contributed by atoms with van der Waals surface area (Å²) in [5.74, 6) is -1.39. The Labute approximate surface area is 102 Å². The molecule has 18 heavy (non-hydrogen) atoms. The third-order valence-corrected chi connectivity index (χ3v) is 2.15. The van der Waals surface area contributed by atoms with Crippen LogP contribution in [0, 0.1) is 24.0 Å². The van der Waals surface area contributed by atoms with Crippen LogP contribution in [0.1, 0.15) is 16.8 Å². The van der Waals surface area contributed by atoms with E-state index in [9.17, 15) is 18.4 Å². The van der Waals surface area contributed by atoms with Gasteiger partial charge in [-0.15, -0.1) is 12.3 Å². The van der Waals surface area contributed by atoms with Gasteiger partial charge in [0.05, 0.1) is 5.56 Å². The lowest BCUT2D eigenvalue weighted by atomic mass is 10.1. The van der Waals surface area contributed by atoms with E-state index in [1.54, 1.807) is 0 Å². The summed E-state index contributed by atoms with van der Waals surface area (Å²) in [6, 6.07) is 1.37. The number of halogens is 2. The highest BCUT2D eigenvalue weighted by Gasteiger charge is 2.20. The maximum atomic E-state index is 13.3. The SMILES string of the molecule is C#CC[C@@H](NC(=O)c1ccc(F)cc1F)C(N)=O. The molecule has 0 heterocycles. The first-order valence-electron chi connectivity index (χ1n) is 4.94. The van der Waals surface area contributed by atoms with Crippen molar-refractivity contribution in [3.63, 3.8) is 0 Å². The Balaban J connectivity index is 2.87. The molecule has 0 saturated carbocycles. The van der Waals surface area contributed by atoms with Crippen molar-refractivity contribution in [1.82, 2.24) is 5.32 Å². The van der Waals surface area contributed by atoms with Gasteiger partial charge in [-0.2, -0.15) is 0 Å². The maximum absolute atomic E-state index is 13.3. The largest absolute Gasteiger partial charge is 0.368 e. The van der Waals surface area contributed by atoms with E-state index in [1.165, 1.54) is 0 Å². The van der Waals surface area contributed by atoms with Gasteiger partial charge in [-0.1, -0.05) is 0 Å². The highest BCUT2D eigenvalue weighted by molar-refractivity contribution is 5.97. The molecular formula is C12H10F2N2O2. The Morgan fingerprint density at radius 2 is 2.11 bits per heavy atom. The predicted molar refractivity (Wildman–Crippen MR) is 60.3 cm³/mol. The summed E-state index contributed by atoms with van der Waals surface area (Å²) in [5, 5.41) is 2.18. The van der Waals surface area contributed by atoms with Gasteiger partial charge in [-0.3, -0.25) is 9.59 Å². The molecule has 0 radical (unpaired) electrons. The minimum atomic E-state index is -1.09. The van der Waals surface area contributed by atoms with Crippen molar-refractivity contribution in [2.45, 2.75) is 12.5 Å². The summed E-state index contributed by atoms with van der Waals surface area (Å²) in [5.41, 5.74) is 4.62. The van der Waals surface area contributed by atoms with Gasteiger partial charge in [-0.25, -0.2) is 8.78 Å². The number of carbonyl (C=O) groups is 2. The molecule has 0 saturated heterocycles. The maximum Gasteiger partial charge on any atom is 0.254 e. The molecule has 0 aliphatic rings. The van der Waals surface area contributed by atoms with Gasteiger partial charge in [0, 0.05) is 12.5 Å². The molecule has 0 aliphatic carbocycles. The molecule has 0 aromatic heterocycles. The van der Waals surface area contributed by atoms with Crippen molar-refractivity contribution in [3.8, 4) is 12.3 Å².